The summed E-state index contributed by atoms with van der Waals surface area (Å²) in [6.07, 6.45) is 5.93. The summed E-state index contributed by atoms with van der Waals surface area (Å²) in [5.74, 6) is 0.882. The van der Waals surface area contributed by atoms with E-state index in [0.29, 0.717) is 6.54 Å². The van der Waals surface area contributed by atoms with E-state index in [4.69, 9.17) is 5.73 Å². The van der Waals surface area contributed by atoms with Gasteiger partial charge in [0.1, 0.15) is 0 Å². The van der Waals surface area contributed by atoms with Crippen molar-refractivity contribution in [1.29, 1.82) is 0 Å². The summed E-state index contributed by atoms with van der Waals surface area (Å²) in [6.45, 7) is 6.31. The number of piperidine rings is 1. The standard InChI is InChI=1S/C14H23N3/c1-2-12-4-3-7-17(10-12)11-14-6-5-13(8-15)9-16-14/h5-6,9,12H,2-4,7-8,10-11,15H2,1H3. The number of pyridine rings is 1. The number of likely N-dealkylation sites (tertiary alicyclic amines) is 1. The highest BCUT2D eigenvalue weighted by molar-refractivity contribution is 5.13. The quantitative estimate of drug-likeness (QED) is 0.866. The van der Waals surface area contributed by atoms with E-state index in [2.05, 4.69) is 28.9 Å². The van der Waals surface area contributed by atoms with Gasteiger partial charge in [-0.25, -0.2) is 0 Å². The Balaban J connectivity index is 1.90. The normalized spacial score (nSPS) is 21.6. The van der Waals surface area contributed by atoms with Crippen molar-refractivity contribution in [3.8, 4) is 0 Å². The van der Waals surface area contributed by atoms with Gasteiger partial charge in [-0.3, -0.25) is 9.88 Å². The van der Waals surface area contributed by atoms with E-state index in [0.717, 1.165) is 18.0 Å². The molecular formula is C14H23N3. The lowest BCUT2D eigenvalue weighted by Gasteiger charge is -2.31. The second-order valence-electron chi connectivity index (χ2n) is 5.01. The van der Waals surface area contributed by atoms with Crippen LogP contribution in [0.4, 0.5) is 0 Å². The van der Waals surface area contributed by atoms with Crippen LogP contribution in [0, 0.1) is 5.92 Å². The van der Waals surface area contributed by atoms with Crippen LogP contribution in [0.15, 0.2) is 18.3 Å². The molecule has 1 fully saturated rings. The van der Waals surface area contributed by atoms with Crippen LogP contribution in [0.5, 0.6) is 0 Å². The molecule has 0 bridgehead atoms. The van der Waals surface area contributed by atoms with Crippen molar-refractivity contribution in [2.24, 2.45) is 11.7 Å². The van der Waals surface area contributed by atoms with Gasteiger partial charge < -0.3 is 5.73 Å². The van der Waals surface area contributed by atoms with Gasteiger partial charge in [0.05, 0.1) is 5.69 Å². The number of hydrogen-bond donors (Lipinski definition) is 1. The molecule has 2 N–H and O–H groups in total. The fourth-order valence-corrected chi connectivity index (χ4v) is 2.53. The summed E-state index contributed by atoms with van der Waals surface area (Å²) in [4.78, 5) is 7.00. The highest BCUT2D eigenvalue weighted by Gasteiger charge is 2.18. The SMILES string of the molecule is CCC1CCCN(Cc2ccc(CN)cn2)C1. The lowest BCUT2D eigenvalue weighted by molar-refractivity contribution is 0.163. The summed E-state index contributed by atoms with van der Waals surface area (Å²) in [5.41, 5.74) is 7.85. The van der Waals surface area contributed by atoms with Crippen molar-refractivity contribution in [1.82, 2.24) is 9.88 Å². The first kappa shape index (κ1) is 12.5. The molecule has 3 nitrogen and oxygen atoms in total. The molecule has 1 atom stereocenters. The molecule has 2 rings (SSSR count). The molecule has 0 amide bonds. The van der Waals surface area contributed by atoms with Crippen LogP contribution in [0.3, 0.4) is 0 Å². The van der Waals surface area contributed by atoms with Crippen LogP contribution in [-0.2, 0) is 13.1 Å². The number of nitrogens with zero attached hydrogens (tertiary/aromatic N) is 2. The zero-order chi connectivity index (χ0) is 12.1. The van der Waals surface area contributed by atoms with Gasteiger partial charge in [0.15, 0.2) is 0 Å². The predicted molar refractivity (Wildman–Crippen MR) is 70.4 cm³/mol. The minimum atomic E-state index is 0.578. The van der Waals surface area contributed by atoms with Gasteiger partial charge in [0.2, 0.25) is 0 Å². The first-order chi connectivity index (χ1) is 8.31. The van der Waals surface area contributed by atoms with Crippen LogP contribution in [0.1, 0.15) is 37.4 Å². The molecule has 0 spiro atoms. The Hall–Kier alpha value is -0.930. The minimum absolute atomic E-state index is 0.578. The highest BCUT2D eigenvalue weighted by Crippen LogP contribution is 2.20. The molecule has 3 heteroatoms. The van der Waals surface area contributed by atoms with E-state index in [-0.39, 0.29) is 0 Å². The average molecular weight is 233 g/mol. The number of nitrogens with two attached hydrogens (primary N) is 1. The van der Waals surface area contributed by atoms with Crippen molar-refractivity contribution in [2.45, 2.75) is 39.3 Å². The molecular weight excluding hydrogens is 210 g/mol. The summed E-state index contributed by atoms with van der Waals surface area (Å²) in [7, 11) is 0. The van der Waals surface area contributed by atoms with E-state index >= 15 is 0 Å². The first-order valence-electron chi connectivity index (χ1n) is 6.68. The van der Waals surface area contributed by atoms with Crippen LogP contribution in [0.2, 0.25) is 0 Å². The molecule has 1 aliphatic rings. The molecule has 0 radical (unpaired) electrons. The van der Waals surface area contributed by atoms with E-state index in [1.807, 2.05) is 6.20 Å². The average Bonchev–Trinajstić information content (AvgIpc) is 2.40. The van der Waals surface area contributed by atoms with E-state index in [1.165, 1.54) is 38.0 Å². The fourth-order valence-electron chi connectivity index (χ4n) is 2.53. The molecule has 0 saturated carbocycles. The lowest BCUT2D eigenvalue weighted by atomic mass is 9.95. The van der Waals surface area contributed by atoms with Gasteiger partial charge in [-0.2, -0.15) is 0 Å². The predicted octanol–water partition coefficient (Wildman–Crippen LogP) is 2.16. The Morgan fingerprint density at radius 2 is 2.35 bits per heavy atom. The number of rotatable bonds is 4. The van der Waals surface area contributed by atoms with E-state index in [1.54, 1.807) is 0 Å². The molecule has 94 valence electrons. The van der Waals surface area contributed by atoms with Crippen molar-refractivity contribution >= 4 is 0 Å². The Kier molecular flexibility index (Phi) is 4.51. The van der Waals surface area contributed by atoms with Crippen molar-refractivity contribution < 1.29 is 0 Å². The molecule has 1 aromatic heterocycles. The maximum absolute atomic E-state index is 5.57. The number of aromatic nitrogens is 1. The molecule has 1 unspecified atom stereocenters. The summed E-state index contributed by atoms with van der Waals surface area (Å²) >= 11 is 0. The van der Waals surface area contributed by atoms with E-state index in [9.17, 15) is 0 Å². The molecule has 0 aromatic carbocycles. The van der Waals surface area contributed by atoms with Gasteiger partial charge in [0.25, 0.3) is 0 Å². The Labute approximate surface area is 104 Å². The first-order valence-corrected chi connectivity index (χ1v) is 6.68. The Morgan fingerprint density at radius 3 is 3.00 bits per heavy atom. The monoisotopic (exact) mass is 233 g/mol. The van der Waals surface area contributed by atoms with Gasteiger partial charge in [-0.15, -0.1) is 0 Å². The summed E-state index contributed by atoms with van der Waals surface area (Å²) in [6, 6.07) is 4.20. The van der Waals surface area contributed by atoms with Gasteiger partial charge >= 0.3 is 0 Å². The zero-order valence-electron chi connectivity index (χ0n) is 10.7. The third kappa shape index (κ3) is 3.51. The Bertz CT molecular complexity index is 334. The van der Waals surface area contributed by atoms with Crippen molar-refractivity contribution in [3.05, 3.63) is 29.6 Å². The molecule has 1 aromatic rings. The van der Waals surface area contributed by atoms with E-state index < -0.39 is 0 Å². The van der Waals surface area contributed by atoms with Crippen LogP contribution in [0.25, 0.3) is 0 Å². The molecule has 1 saturated heterocycles. The Morgan fingerprint density at radius 1 is 1.47 bits per heavy atom. The topological polar surface area (TPSA) is 42.1 Å². The number of hydrogen-bond acceptors (Lipinski definition) is 3. The van der Waals surface area contributed by atoms with Crippen molar-refractivity contribution in [2.75, 3.05) is 13.1 Å². The molecule has 0 aliphatic carbocycles. The van der Waals surface area contributed by atoms with Crippen LogP contribution >= 0.6 is 0 Å². The molecule has 1 aliphatic heterocycles. The third-order valence-corrected chi connectivity index (χ3v) is 3.69. The molecule has 2 heterocycles. The lowest BCUT2D eigenvalue weighted by Crippen LogP contribution is -2.34. The van der Waals surface area contributed by atoms with Gasteiger partial charge in [-0.1, -0.05) is 19.4 Å². The van der Waals surface area contributed by atoms with Gasteiger partial charge in [-0.05, 0) is 36.9 Å². The van der Waals surface area contributed by atoms with Crippen molar-refractivity contribution in [3.63, 3.8) is 0 Å². The molecule has 17 heavy (non-hydrogen) atoms. The summed E-state index contributed by atoms with van der Waals surface area (Å²) < 4.78 is 0. The fraction of sp³-hybridized carbons (Fsp3) is 0.643. The second-order valence-corrected chi connectivity index (χ2v) is 5.01. The minimum Gasteiger partial charge on any atom is -0.326 e. The van der Waals surface area contributed by atoms with Gasteiger partial charge in [0, 0.05) is 25.8 Å². The zero-order valence-corrected chi connectivity index (χ0v) is 10.7. The smallest absolute Gasteiger partial charge is 0.0544 e. The maximum Gasteiger partial charge on any atom is 0.0544 e. The maximum atomic E-state index is 5.57. The largest absolute Gasteiger partial charge is 0.326 e. The van der Waals surface area contributed by atoms with Crippen LogP contribution < -0.4 is 5.73 Å². The second kappa shape index (κ2) is 6.12. The van der Waals surface area contributed by atoms with Crippen LogP contribution in [-0.4, -0.2) is 23.0 Å². The third-order valence-electron chi connectivity index (χ3n) is 3.69. The highest BCUT2D eigenvalue weighted by atomic mass is 15.1. The summed E-state index contributed by atoms with van der Waals surface area (Å²) in [5, 5.41) is 0.